The Bertz CT molecular complexity index is 1050. The van der Waals surface area contributed by atoms with Gasteiger partial charge in [0.2, 0.25) is 0 Å². The van der Waals surface area contributed by atoms with Crippen molar-refractivity contribution in [3.63, 3.8) is 0 Å². The van der Waals surface area contributed by atoms with Crippen molar-refractivity contribution in [3.05, 3.63) is 56.1 Å². The Labute approximate surface area is 172 Å². The van der Waals surface area contributed by atoms with E-state index in [4.69, 9.17) is 0 Å². The molecule has 0 spiro atoms. The van der Waals surface area contributed by atoms with E-state index < -0.39 is 3.23 Å². The van der Waals surface area contributed by atoms with Crippen molar-refractivity contribution >= 4 is 81.5 Å². The van der Waals surface area contributed by atoms with Crippen LogP contribution in [0.2, 0.25) is 0 Å². The summed E-state index contributed by atoms with van der Waals surface area (Å²) in [6.45, 7) is 6.36. The van der Waals surface area contributed by atoms with E-state index in [1.54, 1.807) is 22.7 Å². The van der Waals surface area contributed by atoms with Gasteiger partial charge >= 0.3 is 0 Å². The molecule has 0 atom stereocenters. The zero-order valence-corrected chi connectivity index (χ0v) is 18.9. The molecule has 0 saturated heterocycles. The highest BCUT2D eigenvalue weighted by Crippen LogP contribution is 2.53. The van der Waals surface area contributed by atoms with E-state index >= 15 is 0 Å². The maximum absolute atomic E-state index is 13.2. The van der Waals surface area contributed by atoms with Crippen LogP contribution in [0, 0.1) is 20.8 Å². The van der Waals surface area contributed by atoms with Crippen LogP contribution < -0.4 is 0 Å². The SMILES string of the molecule is Cc1cc(C2=C(c3c(C)sc4ccccc34)CC(Br)(Br)C2=O)c(C)s1. The van der Waals surface area contributed by atoms with E-state index in [0.29, 0.717) is 6.42 Å². The minimum absolute atomic E-state index is 0.123. The third kappa shape index (κ3) is 2.80. The molecule has 25 heavy (non-hydrogen) atoms. The van der Waals surface area contributed by atoms with Crippen molar-refractivity contribution in [2.75, 3.05) is 0 Å². The van der Waals surface area contributed by atoms with E-state index in [1.807, 2.05) is 0 Å². The molecule has 0 radical (unpaired) electrons. The number of ketones is 1. The third-order valence-electron chi connectivity index (χ3n) is 4.64. The molecule has 4 rings (SSSR count). The molecule has 1 aliphatic rings. The topological polar surface area (TPSA) is 17.1 Å². The van der Waals surface area contributed by atoms with Gasteiger partial charge in [-0.25, -0.2) is 0 Å². The molecule has 128 valence electrons. The minimum Gasteiger partial charge on any atom is -0.292 e. The highest BCUT2D eigenvalue weighted by atomic mass is 79.9. The lowest BCUT2D eigenvalue weighted by Gasteiger charge is -2.11. The van der Waals surface area contributed by atoms with Crippen molar-refractivity contribution < 1.29 is 4.79 Å². The Morgan fingerprint density at radius 2 is 1.76 bits per heavy atom. The number of benzene rings is 1. The number of hydrogen-bond donors (Lipinski definition) is 0. The number of hydrogen-bond acceptors (Lipinski definition) is 3. The van der Waals surface area contributed by atoms with Gasteiger partial charge in [0, 0.05) is 36.7 Å². The van der Waals surface area contributed by atoms with Gasteiger partial charge < -0.3 is 0 Å². The number of rotatable bonds is 2. The molecule has 5 heteroatoms. The van der Waals surface area contributed by atoms with E-state index in [0.717, 1.165) is 16.7 Å². The quantitative estimate of drug-likeness (QED) is 0.342. The molecular weight excluding hydrogens is 480 g/mol. The second-order valence-electron chi connectivity index (χ2n) is 6.42. The van der Waals surface area contributed by atoms with E-state index in [-0.39, 0.29) is 5.78 Å². The van der Waals surface area contributed by atoms with Gasteiger partial charge in [-0.15, -0.1) is 22.7 Å². The highest BCUT2D eigenvalue weighted by molar-refractivity contribution is 9.26. The minimum atomic E-state index is -0.706. The molecule has 3 aromatic rings. The van der Waals surface area contributed by atoms with Gasteiger partial charge in [0.1, 0.15) is 3.23 Å². The van der Waals surface area contributed by atoms with Gasteiger partial charge in [-0.3, -0.25) is 4.79 Å². The first-order valence-corrected chi connectivity index (χ1v) is 11.2. The molecule has 0 aliphatic heterocycles. The van der Waals surface area contributed by atoms with Gasteiger partial charge in [-0.1, -0.05) is 50.1 Å². The molecule has 0 amide bonds. The van der Waals surface area contributed by atoms with Crippen LogP contribution in [0.4, 0.5) is 0 Å². The average molecular weight is 496 g/mol. The molecule has 2 heterocycles. The summed E-state index contributed by atoms with van der Waals surface area (Å²) < 4.78 is 0.566. The fourth-order valence-electron chi connectivity index (χ4n) is 3.63. The lowest BCUT2D eigenvalue weighted by molar-refractivity contribution is -0.113. The molecular formula is C20H16Br2OS2. The Hall–Kier alpha value is -0.750. The van der Waals surface area contributed by atoms with E-state index in [2.05, 4.69) is 83.0 Å². The van der Waals surface area contributed by atoms with Gasteiger partial charge in [0.15, 0.2) is 5.78 Å². The molecule has 0 unspecified atom stereocenters. The maximum atomic E-state index is 13.2. The van der Waals surface area contributed by atoms with Crippen molar-refractivity contribution in [2.45, 2.75) is 30.4 Å². The second-order valence-corrected chi connectivity index (χ2v) is 12.9. The number of carbonyl (C=O) groups is 1. The number of fused-ring (bicyclic) bond motifs is 1. The Kier molecular flexibility index (Phi) is 4.35. The zero-order chi connectivity index (χ0) is 17.9. The standard InChI is InChI=1S/C20H16Br2OS2/c1-10-8-14(11(2)24-10)18-15(9-20(21,22)19(18)23)17-12(3)25-16-7-5-4-6-13(16)17/h4-8H,9H2,1-3H3. The summed E-state index contributed by atoms with van der Waals surface area (Å²) in [4.78, 5) is 16.9. The first kappa shape index (κ1) is 17.7. The summed E-state index contributed by atoms with van der Waals surface area (Å²) in [6, 6.07) is 10.6. The van der Waals surface area contributed by atoms with Crippen molar-refractivity contribution in [1.29, 1.82) is 0 Å². The summed E-state index contributed by atoms with van der Waals surface area (Å²) in [7, 11) is 0. The summed E-state index contributed by atoms with van der Waals surface area (Å²) >= 11 is 10.8. The van der Waals surface area contributed by atoms with Gasteiger partial charge in [-0.2, -0.15) is 0 Å². The predicted octanol–water partition coefficient (Wildman–Crippen LogP) is 7.26. The average Bonchev–Trinajstić information content (AvgIpc) is 3.11. The Morgan fingerprint density at radius 1 is 1.04 bits per heavy atom. The molecule has 0 saturated carbocycles. The number of aryl methyl sites for hydroxylation is 3. The van der Waals surface area contributed by atoms with Crippen LogP contribution >= 0.6 is 54.5 Å². The number of alkyl halides is 2. The summed E-state index contributed by atoms with van der Waals surface area (Å²) in [5.74, 6) is 0.123. The fourth-order valence-corrected chi connectivity index (χ4v) is 6.61. The summed E-state index contributed by atoms with van der Waals surface area (Å²) in [6.07, 6.45) is 0.650. The van der Waals surface area contributed by atoms with Crippen molar-refractivity contribution in [1.82, 2.24) is 0 Å². The molecule has 1 nitrogen and oxygen atoms in total. The smallest absolute Gasteiger partial charge is 0.191 e. The lowest BCUT2D eigenvalue weighted by atomic mass is 9.95. The number of Topliss-reactive ketones (excluding diaryl/α,β-unsaturated/α-hetero) is 1. The first-order chi connectivity index (χ1) is 11.8. The second kappa shape index (κ2) is 6.15. The van der Waals surface area contributed by atoms with Crippen LogP contribution in [0.1, 0.15) is 32.2 Å². The summed E-state index contributed by atoms with van der Waals surface area (Å²) in [5.41, 5.74) is 4.32. The van der Waals surface area contributed by atoms with Crippen LogP contribution in [-0.4, -0.2) is 9.02 Å². The number of halogens is 2. The van der Waals surface area contributed by atoms with Crippen LogP contribution in [0.15, 0.2) is 30.3 Å². The molecule has 0 bridgehead atoms. The van der Waals surface area contributed by atoms with Crippen molar-refractivity contribution in [2.24, 2.45) is 0 Å². The number of allylic oxidation sites excluding steroid dienone is 2. The third-order valence-corrected chi connectivity index (χ3v) is 7.98. The molecule has 1 aromatic carbocycles. The van der Waals surface area contributed by atoms with Crippen LogP contribution in [0.3, 0.4) is 0 Å². The van der Waals surface area contributed by atoms with Gasteiger partial charge in [0.05, 0.1) is 0 Å². The largest absolute Gasteiger partial charge is 0.292 e. The molecule has 2 aromatic heterocycles. The lowest BCUT2D eigenvalue weighted by Crippen LogP contribution is -2.19. The van der Waals surface area contributed by atoms with E-state index in [1.165, 1.54) is 30.3 Å². The fraction of sp³-hybridized carbons (Fsp3) is 0.250. The Balaban J connectivity index is 2.06. The predicted molar refractivity (Wildman–Crippen MR) is 117 cm³/mol. The van der Waals surface area contributed by atoms with E-state index in [9.17, 15) is 4.79 Å². The van der Waals surface area contributed by atoms with Gasteiger partial charge in [-0.05, 0) is 49.6 Å². The van der Waals surface area contributed by atoms with Gasteiger partial charge in [0.25, 0.3) is 0 Å². The molecule has 1 aliphatic carbocycles. The van der Waals surface area contributed by atoms with Crippen LogP contribution in [0.5, 0.6) is 0 Å². The van der Waals surface area contributed by atoms with Crippen LogP contribution in [-0.2, 0) is 4.79 Å². The Morgan fingerprint density at radius 3 is 2.44 bits per heavy atom. The zero-order valence-electron chi connectivity index (χ0n) is 14.1. The van der Waals surface area contributed by atoms with Crippen molar-refractivity contribution in [3.8, 4) is 0 Å². The van der Waals surface area contributed by atoms with Crippen LogP contribution in [0.25, 0.3) is 21.2 Å². The maximum Gasteiger partial charge on any atom is 0.191 e. The number of carbonyl (C=O) groups excluding carboxylic acids is 1. The summed E-state index contributed by atoms with van der Waals surface area (Å²) in [5, 5.41) is 1.24. The molecule has 0 N–H and O–H groups in total. The first-order valence-electron chi connectivity index (χ1n) is 8.01. The molecule has 0 fully saturated rings. The number of thiophene rings is 2. The normalized spacial score (nSPS) is 17.1. The monoisotopic (exact) mass is 494 g/mol. The highest BCUT2D eigenvalue weighted by Gasteiger charge is 2.45.